The van der Waals surface area contributed by atoms with Crippen LogP contribution in [0.1, 0.15) is 24.1 Å². The van der Waals surface area contributed by atoms with Crippen LogP contribution in [0, 0.1) is 5.82 Å². The third-order valence-electron chi connectivity index (χ3n) is 6.01. The molecule has 0 aromatic heterocycles. The van der Waals surface area contributed by atoms with E-state index in [9.17, 15) is 19.1 Å². The monoisotopic (exact) mass is 507 g/mol. The number of carbonyl (C=O) groups excluding carboxylic acids is 2. The first kappa shape index (κ1) is 25.6. The second-order valence-electron chi connectivity index (χ2n) is 8.06. The Bertz CT molecular complexity index is 1370. The molecular weight excluding hydrogens is 481 g/mol. The molecule has 4 rings (SSSR count). The lowest BCUT2D eigenvalue weighted by Crippen LogP contribution is -2.29. The zero-order valence-corrected chi connectivity index (χ0v) is 20.8. The van der Waals surface area contributed by atoms with Crippen LogP contribution in [-0.2, 0) is 9.59 Å². The van der Waals surface area contributed by atoms with Crippen molar-refractivity contribution in [1.82, 2.24) is 0 Å². The number of methoxy groups -OCH3 is 3. The lowest BCUT2D eigenvalue weighted by molar-refractivity contribution is -0.132. The van der Waals surface area contributed by atoms with Crippen molar-refractivity contribution in [3.05, 3.63) is 83.2 Å². The molecule has 1 fully saturated rings. The van der Waals surface area contributed by atoms with E-state index in [2.05, 4.69) is 0 Å². The largest absolute Gasteiger partial charge is 0.507 e. The number of anilines is 1. The summed E-state index contributed by atoms with van der Waals surface area (Å²) < 4.78 is 35.7. The van der Waals surface area contributed by atoms with Gasteiger partial charge in [-0.3, -0.25) is 14.5 Å². The van der Waals surface area contributed by atoms with Crippen molar-refractivity contribution in [2.75, 3.05) is 32.8 Å². The molecule has 3 aromatic rings. The van der Waals surface area contributed by atoms with Gasteiger partial charge in [0.05, 0.1) is 45.1 Å². The number of aliphatic hydroxyl groups excluding tert-OH is 1. The van der Waals surface area contributed by atoms with Gasteiger partial charge in [0.1, 0.15) is 23.1 Å². The average molecular weight is 508 g/mol. The Morgan fingerprint density at radius 2 is 1.54 bits per heavy atom. The van der Waals surface area contributed by atoms with E-state index in [0.29, 0.717) is 35.1 Å². The quantitative estimate of drug-likeness (QED) is 0.264. The van der Waals surface area contributed by atoms with Gasteiger partial charge in [0, 0.05) is 5.69 Å². The van der Waals surface area contributed by atoms with E-state index in [-0.39, 0.29) is 16.9 Å². The Kier molecular flexibility index (Phi) is 7.33. The minimum atomic E-state index is -1.06. The van der Waals surface area contributed by atoms with Gasteiger partial charge in [-0.1, -0.05) is 6.07 Å². The minimum absolute atomic E-state index is 0.0577. The number of hydrogen-bond acceptors (Lipinski definition) is 7. The number of amides is 1. The summed E-state index contributed by atoms with van der Waals surface area (Å²) in [7, 11) is 4.30. The fraction of sp³-hybridized carbons (Fsp3) is 0.214. The standard InChI is InChI=1S/C28H26FNO7/c1-5-37-19-10-8-18(9-11-19)30-25(16-6-12-22(35-3)23(14-16)36-4)24(27(32)28(30)33)26(31)20-15-17(29)7-13-21(20)34-2/h6-15,25,31H,5H2,1-4H3/b26-24+. The first-order chi connectivity index (χ1) is 17.8. The Morgan fingerprint density at radius 1 is 0.892 bits per heavy atom. The number of halogens is 1. The first-order valence-electron chi connectivity index (χ1n) is 11.4. The van der Waals surface area contributed by atoms with Gasteiger partial charge >= 0.3 is 0 Å². The number of hydrogen-bond donors (Lipinski definition) is 1. The molecule has 0 radical (unpaired) electrons. The van der Waals surface area contributed by atoms with Crippen LogP contribution in [0.25, 0.3) is 5.76 Å². The molecule has 0 aliphatic carbocycles. The average Bonchev–Trinajstić information content (AvgIpc) is 3.18. The number of carbonyl (C=O) groups is 2. The van der Waals surface area contributed by atoms with Crippen LogP contribution in [0.15, 0.2) is 66.2 Å². The molecule has 192 valence electrons. The molecule has 0 spiro atoms. The number of benzene rings is 3. The van der Waals surface area contributed by atoms with Gasteiger partial charge in [-0.25, -0.2) is 4.39 Å². The SMILES string of the molecule is CCOc1ccc(N2C(=O)C(=O)/C(=C(/O)c3cc(F)ccc3OC)C2c2ccc(OC)c(OC)c2)cc1. The van der Waals surface area contributed by atoms with Crippen LogP contribution in [0.2, 0.25) is 0 Å². The highest BCUT2D eigenvalue weighted by Crippen LogP contribution is 2.45. The number of aliphatic hydroxyl groups is 1. The van der Waals surface area contributed by atoms with Crippen LogP contribution in [0.3, 0.4) is 0 Å². The highest BCUT2D eigenvalue weighted by Gasteiger charge is 2.47. The number of rotatable bonds is 8. The maximum absolute atomic E-state index is 14.2. The van der Waals surface area contributed by atoms with E-state index in [0.717, 1.165) is 6.07 Å². The number of ether oxygens (including phenoxy) is 4. The van der Waals surface area contributed by atoms with Gasteiger partial charge in [-0.15, -0.1) is 0 Å². The Hall–Kier alpha value is -4.53. The van der Waals surface area contributed by atoms with Crippen molar-refractivity contribution in [2.45, 2.75) is 13.0 Å². The fourth-order valence-corrected chi connectivity index (χ4v) is 4.32. The first-order valence-corrected chi connectivity index (χ1v) is 11.4. The van der Waals surface area contributed by atoms with Crippen molar-refractivity contribution in [3.63, 3.8) is 0 Å². The summed E-state index contributed by atoms with van der Waals surface area (Å²) in [6, 6.07) is 14.0. The molecular formula is C28H26FNO7. The molecule has 1 aliphatic heterocycles. The molecule has 3 aromatic carbocycles. The van der Waals surface area contributed by atoms with Crippen LogP contribution in [0.4, 0.5) is 10.1 Å². The molecule has 37 heavy (non-hydrogen) atoms. The number of ketones is 1. The number of Topliss-reactive ketones (excluding diaryl/α,β-unsaturated/α-hetero) is 1. The predicted octanol–water partition coefficient (Wildman–Crippen LogP) is 4.88. The second-order valence-corrected chi connectivity index (χ2v) is 8.06. The molecule has 1 heterocycles. The Morgan fingerprint density at radius 3 is 2.16 bits per heavy atom. The van der Waals surface area contributed by atoms with Crippen LogP contribution in [0.5, 0.6) is 23.0 Å². The van der Waals surface area contributed by atoms with E-state index >= 15 is 0 Å². The molecule has 1 aliphatic rings. The molecule has 1 N–H and O–H groups in total. The summed E-state index contributed by atoms with van der Waals surface area (Å²) >= 11 is 0. The predicted molar refractivity (Wildman–Crippen MR) is 135 cm³/mol. The van der Waals surface area contributed by atoms with E-state index < -0.39 is 29.3 Å². The van der Waals surface area contributed by atoms with Crippen LogP contribution in [-0.4, -0.2) is 44.7 Å². The maximum atomic E-state index is 14.2. The van der Waals surface area contributed by atoms with Crippen molar-refractivity contribution in [2.24, 2.45) is 0 Å². The molecule has 8 nitrogen and oxygen atoms in total. The molecule has 1 atom stereocenters. The molecule has 1 amide bonds. The lowest BCUT2D eigenvalue weighted by Gasteiger charge is -2.26. The maximum Gasteiger partial charge on any atom is 0.300 e. The summed E-state index contributed by atoms with van der Waals surface area (Å²) in [5, 5.41) is 11.3. The van der Waals surface area contributed by atoms with Gasteiger partial charge in [-0.05, 0) is 67.1 Å². The van der Waals surface area contributed by atoms with E-state index in [1.165, 1.54) is 38.4 Å². The summed E-state index contributed by atoms with van der Waals surface area (Å²) in [6.45, 7) is 2.31. The fourth-order valence-electron chi connectivity index (χ4n) is 4.32. The van der Waals surface area contributed by atoms with Crippen molar-refractivity contribution in [1.29, 1.82) is 0 Å². The van der Waals surface area contributed by atoms with Crippen molar-refractivity contribution in [3.8, 4) is 23.0 Å². The van der Waals surface area contributed by atoms with Crippen LogP contribution >= 0.6 is 0 Å². The third-order valence-corrected chi connectivity index (χ3v) is 6.01. The van der Waals surface area contributed by atoms with E-state index in [1.807, 2.05) is 6.92 Å². The highest BCUT2D eigenvalue weighted by molar-refractivity contribution is 6.51. The van der Waals surface area contributed by atoms with Crippen LogP contribution < -0.4 is 23.8 Å². The smallest absolute Gasteiger partial charge is 0.300 e. The molecule has 1 unspecified atom stereocenters. The molecule has 0 saturated carbocycles. The second kappa shape index (κ2) is 10.6. The lowest BCUT2D eigenvalue weighted by atomic mass is 9.94. The van der Waals surface area contributed by atoms with Gasteiger partial charge < -0.3 is 24.1 Å². The topological polar surface area (TPSA) is 94.5 Å². The zero-order valence-electron chi connectivity index (χ0n) is 20.8. The summed E-state index contributed by atoms with van der Waals surface area (Å²) in [5.41, 5.74) is 0.575. The van der Waals surface area contributed by atoms with E-state index in [4.69, 9.17) is 18.9 Å². The zero-order chi connectivity index (χ0) is 26.7. The van der Waals surface area contributed by atoms with E-state index in [1.54, 1.807) is 42.5 Å². The Balaban J connectivity index is 1.97. The molecule has 0 bridgehead atoms. The summed E-state index contributed by atoms with van der Waals surface area (Å²) in [6.07, 6.45) is 0. The summed E-state index contributed by atoms with van der Waals surface area (Å²) in [4.78, 5) is 28.1. The minimum Gasteiger partial charge on any atom is -0.507 e. The molecule has 1 saturated heterocycles. The van der Waals surface area contributed by atoms with Gasteiger partial charge in [0.2, 0.25) is 0 Å². The van der Waals surface area contributed by atoms with Crippen molar-refractivity contribution >= 4 is 23.1 Å². The molecule has 9 heteroatoms. The van der Waals surface area contributed by atoms with Crippen molar-refractivity contribution < 1.29 is 38.0 Å². The normalized spacial score (nSPS) is 16.6. The van der Waals surface area contributed by atoms with Gasteiger partial charge in [-0.2, -0.15) is 0 Å². The number of nitrogens with zero attached hydrogens (tertiary/aromatic N) is 1. The van der Waals surface area contributed by atoms with Gasteiger partial charge in [0.25, 0.3) is 11.7 Å². The highest BCUT2D eigenvalue weighted by atomic mass is 19.1. The third kappa shape index (κ3) is 4.67. The van der Waals surface area contributed by atoms with Gasteiger partial charge in [0.15, 0.2) is 11.5 Å². The summed E-state index contributed by atoms with van der Waals surface area (Å²) in [5.74, 6) is -1.48. The Labute approximate surface area is 213 Å².